The van der Waals surface area contributed by atoms with Crippen molar-refractivity contribution in [2.45, 2.75) is 13.5 Å². The second kappa shape index (κ2) is 4.31. The predicted molar refractivity (Wildman–Crippen MR) is 63.2 cm³/mol. The predicted octanol–water partition coefficient (Wildman–Crippen LogP) is 3.26. The summed E-state index contributed by atoms with van der Waals surface area (Å²) >= 11 is 7.33. The number of hydrogen-bond acceptors (Lipinski definition) is 3. The molecule has 0 atom stereocenters. The summed E-state index contributed by atoms with van der Waals surface area (Å²) in [6.07, 6.45) is 0. The van der Waals surface area contributed by atoms with E-state index in [1.54, 1.807) is 0 Å². The lowest BCUT2D eigenvalue weighted by atomic mass is 10.1. The fourth-order valence-electron chi connectivity index (χ4n) is 1.39. The zero-order valence-corrected chi connectivity index (χ0v) is 9.77. The highest BCUT2D eigenvalue weighted by Gasteiger charge is 2.08. The molecule has 2 aromatic rings. The van der Waals surface area contributed by atoms with E-state index in [0.717, 1.165) is 21.1 Å². The van der Waals surface area contributed by atoms with Gasteiger partial charge in [-0.15, -0.1) is 11.3 Å². The highest BCUT2D eigenvalue weighted by molar-refractivity contribution is 7.12. The lowest BCUT2D eigenvalue weighted by Gasteiger charge is -1.98. The first kappa shape index (κ1) is 10.6. The van der Waals surface area contributed by atoms with E-state index >= 15 is 0 Å². The van der Waals surface area contributed by atoms with E-state index in [1.807, 2.05) is 31.2 Å². The van der Waals surface area contributed by atoms with Gasteiger partial charge in [-0.2, -0.15) is 0 Å². The normalized spacial score (nSPS) is 10.6. The number of thiazole rings is 1. The van der Waals surface area contributed by atoms with Crippen molar-refractivity contribution in [3.8, 4) is 11.3 Å². The summed E-state index contributed by atoms with van der Waals surface area (Å²) in [5, 5.41) is 10.5. The van der Waals surface area contributed by atoms with E-state index in [0.29, 0.717) is 5.02 Å². The molecule has 0 amide bonds. The molecule has 2 nitrogen and oxygen atoms in total. The Balaban J connectivity index is 2.44. The number of halogens is 1. The Hall–Kier alpha value is -0.900. The number of nitrogens with zero attached hydrogens (tertiary/aromatic N) is 1. The molecule has 2 rings (SSSR count). The average Bonchev–Trinajstić information content (AvgIpc) is 2.61. The van der Waals surface area contributed by atoms with Crippen molar-refractivity contribution in [3.63, 3.8) is 0 Å². The van der Waals surface area contributed by atoms with E-state index in [2.05, 4.69) is 4.98 Å². The first-order valence-electron chi connectivity index (χ1n) is 4.54. The van der Waals surface area contributed by atoms with Gasteiger partial charge in [0.25, 0.3) is 0 Å². The molecule has 78 valence electrons. The Labute approximate surface area is 97.2 Å². The minimum absolute atomic E-state index is 0.000896. The standard InChI is InChI=1S/C11H10ClNOS/c1-7-11(13-10(6-14)15-7)8-2-4-9(12)5-3-8/h2-5,14H,6H2,1H3. The Morgan fingerprint density at radius 2 is 2.00 bits per heavy atom. The lowest BCUT2D eigenvalue weighted by molar-refractivity contribution is 0.281. The zero-order chi connectivity index (χ0) is 10.8. The zero-order valence-electron chi connectivity index (χ0n) is 8.20. The molecule has 0 spiro atoms. The Kier molecular flexibility index (Phi) is 3.05. The molecule has 0 unspecified atom stereocenters. The first-order chi connectivity index (χ1) is 7.20. The Morgan fingerprint density at radius 3 is 2.53 bits per heavy atom. The van der Waals surface area contributed by atoms with Crippen molar-refractivity contribution >= 4 is 22.9 Å². The van der Waals surface area contributed by atoms with Crippen LogP contribution in [0.25, 0.3) is 11.3 Å². The largest absolute Gasteiger partial charge is 0.389 e. The molecular formula is C11H10ClNOS. The molecule has 0 bridgehead atoms. The highest BCUT2D eigenvalue weighted by Crippen LogP contribution is 2.28. The van der Waals surface area contributed by atoms with Gasteiger partial charge in [0.2, 0.25) is 0 Å². The van der Waals surface area contributed by atoms with Gasteiger partial charge in [0.05, 0.1) is 12.3 Å². The maximum Gasteiger partial charge on any atom is 0.119 e. The SMILES string of the molecule is Cc1sc(CO)nc1-c1ccc(Cl)cc1. The summed E-state index contributed by atoms with van der Waals surface area (Å²) in [4.78, 5) is 5.47. The van der Waals surface area contributed by atoms with Gasteiger partial charge >= 0.3 is 0 Å². The second-order valence-corrected chi connectivity index (χ2v) is 4.90. The van der Waals surface area contributed by atoms with Crippen LogP contribution in [-0.4, -0.2) is 10.1 Å². The summed E-state index contributed by atoms with van der Waals surface area (Å²) < 4.78 is 0. The highest BCUT2D eigenvalue weighted by atomic mass is 35.5. The summed E-state index contributed by atoms with van der Waals surface area (Å²) in [5.74, 6) is 0. The van der Waals surface area contributed by atoms with Crippen molar-refractivity contribution in [1.29, 1.82) is 0 Å². The van der Waals surface area contributed by atoms with Gasteiger partial charge in [0, 0.05) is 15.5 Å². The van der Waals surface area contributed by atoms with Crippen molar-refractivity contribution in [2.24, 2.45) is 0 Å². The molecule has 1 aromatic carbocycles. The van der Waals surface area contributed by atoms with Crippen LogP contribution in [0.1, 0.15) is 9.88 Å². The molecule has 15 heavy (non-hydrogen) atoms. The number of aromatic nitrogens is 1. The number of benzene rings is 1. The van der Waals surface area contributed by atoms with Crippen LogP contribution in [0.5, 0.6) is 0 Å². The van der Waals surface area contributed by atoms with Gasteiger partial charge in [-0.3, -0.25) is 0 Å². The third kappa shape index (κ3) is 2.20. The molecule has 0 saturated carbocycles. The fourth-order valence-corrected chi connectivity index (χ4v) is 2.34. The van der Waals surface area contributed by atoms with E-state index in [1.165, 1.54) is 11.3 Å². The van der Waals surface area contributed by atoms with Crippen LogP contribution in [0.15, 0.2) is 24.3 Å². The number of aliphatic hydroxyl groups excluding tert-OH is 1. The minimum atomic E-state index is -0.000896. The number of rotatable bonds is 2. The first-order valence-corrected chi connectivity index (χ1v) is 5.73. The second-order valence-electron chi connectivity index (χ2n) is 3.18. The monoisotopic (exact) mass is 239 g/mol. The molecule has 0 fully saturated rings. The summed E-state index contributed by atoms with van der Waals surface area (Å²) in [5.41, 5.74) is 1.97. The van der Waals surface area contributed by atoms with Crippen LogP contribution in [0.2, 0.25) is 5.02 Å². The molecule has 4 heteroatoms. The maximum atomic E-state index is 8.99. The molecule has 1 N–H and O–H groups in total. The van der Waals surface area contributed by atoms with Crippen molar-refractivity contribution in [1.82, 2.24) is 4.98 Å². The molecule has 1 heterocycles. The molecule has 0 aliphatic rings. The minimum Gasteiger partial charge on any atom is -0.389 e. The number of aryl methyl sites for hydroxylation is 1. The van der Waals surface area contributed by atoms with Crippen LogP contribution >= 0.6 is 22.9 Å². The van der Waals surface area contributed by atoms with E-state index in [4.69, 9.17) is 16.7 Å². The van der Waals surface area contributed by atoms with E-state index in [-0.39, 0.29) is 6.61 Å². The third-order valence-corrected chi connectivity index (χ3v) is 3.30. The van der Waals surface area contributed by atoms with Crippen molar-refractivity contribution in [2.75, 3.05) is 0 Å². The molecule has 0 radical (unpaired) electrons. The summed E-state index contributed by atoms with van der Waals surface area (Å²) in [6.45, 7) is 2.00. The molecular weight excluding hydrogens is 230 g/mol. The van der Waals surface area contributed by atoms with Crippen LogP contribution in [0, 0.1) is 6.92 Å². The van der Waals surface area contributed by atoms with Crippen LogP contribution in [0.4, 0.5) is 0 Å². The van der Waals surface area contributed by atoms with Gasteiger partial charge in [-0.25, -0.2) is 4.98 Å². The summed E-state index contributed by atoms with van der Waals surface area (Å²) in [7, 11) is 0. The van der Waals surface area contributed by atoms with Gasteiger partial charge in [-0.1, -0.05) is 23.7 Å². The van der Waals surface area contributed by atoms with E-state index < -0.39 is 0 Å². The van der Waals surface area contributed by atoms with Crippen LogP contribution in [-0.2, 0) is 6.61 Å². The third-order valence-electron chi connectivity index (χ3n) is 2.09. The quantitative estimate of drug-likeness (QED) is 0.873. The lowest BCUT2D eigenvalue weighted by Crippen LogP contribution is -1.82. The van der Waals surface area contributed by atoms with Crippen molar-refractivity contribution in [3.05, 3.63) is 39.2 Å². The van der Waals surface area contributed by atoms with Crippen LogP contribution in [0.3, 0.4) is 0 Å². The number of hydrogen-bond donors (Lipinski definition) is 1. The average molecular weight is 240 g/mol. The molecule has 0 aliphatic carbocycles. The van der Waals surface area contributed by atoms with Gasteiger partial charge < -0.3 is 5.11 Å². The van der Waals surface area contributed by atoms with E-state index in [9.17, 15) is 0 Å². The Bertz CT molecular complexity index is 464. The fraction of sp³-hybridized carbons (Fsp3) is 0.182. The maximum absolute atomic E-state index is 8.99. The Morgan fingerprint density at radius 1 is 1.33 bits per heavy atom. The molecule has 0 aliphatic heterocycles. The molecule has 1 aromatic heterocycles. The summed E-state index contributed by atoms with van der Waals surface area (Å²) in [6, 6.07) is 7.56. The van der Waals surface area contributed by atoms with Gasteiger partial charge in [0.1, 0.15) is 5.01 Å². The number of aliphatic hydroxyl groups is 1. The van der Waals surface area contributed by atoms with Crippen LogP contribution < -0.4 is 0 Å². The topological polar surface area (TPSA) is 33.1 Å². The smallest absolute Gasteiger partial charge is 0.119 e. The van der Waals surface area contributed by atoms with Gasteiger partial charge in [-0.05, 0) is 19.1 Å². The van der Waals surface area contributed by atoms with Crippen molar-refractivity contribution < 1.29 is 5.11 Å². The molecule has 0 saturated heterocycles. The van der Waals surface area contributed by atoms with Gasteiger partial charge in [0.15, 0.2) is 0 Å².